The van der Waals surface area contributed by atoms with Crippen LogP contribution in [0, 0.1) is 10.1 Å². The van der Waals surface area contributed by atoms with Crippen LogP contribution in [0.25, 0.3) is 0 Å². The molecule has 0 bridgehead atoms. The van der Waals surface area contributed by atoms with E-state index < -0.39 is 11.0 Å². The molecule has 6 heteroatoms. The highest BCUT2D eigenvalue weighted by atomic mass is 16.8. The molecule has 0 saturated carbocycles. The predicted octanol–water partition coefficient (Wildman–Crippen LogP) is -2.15. The molecule has 0 radical (unpaired) electrons. The van der Waals surface area contributed by atoms with Crippen molar-refractivity contribution < 1.29 is 20.2 Å². The van der Waals surface area contributed by atoms with Crippen molar-refractivity contribution in [3.8, 4) is 0 Å². The quantitative estimate of drug-likeness (QED) is 0.202. The molecular weight excluding hydrogens is 106 g/mol. The summed E-state index contributed by atoms with van der Waals surface area (Å²) < 4.78 is 0. The molecular formula is CH3NO5. The Morgan fingerprint density at radius 3 is 1.57 bits per heavy atom. The van der Waals surface area contributed by atoms with Crippen molar-refractivity contribution in [2.75, 3.05) is 0 Å². The second-order valence-corrected chi connectivity index (χ2v) is 0.857. The summed E-state index contributed by atoms with van der Waals surface area (Å²) in [7, 11) is 0. The smallest absolute Gasteiger partial charge is 0.280 e. The number of aliphatic hydroxyl groups is 3. The molecule has 42 valence electrons. The summed E-state index contributed by atoms with van der Waals surface area (Å²) in [6.45, 7) is 0. The Kier molecular flexibility index (Phi) is 1.27. The predicted molar refractivity (Wildman–Crippen MR) is 16.4 cm³/mol. The number of nitro groups is 1. The molecule has 6 nitrogen and oxygen atoms in total. The van der Waals surface area contributed by atoms with Gasteiger partial charge in [0.15, 0.2) is 0 Å². The average Bonchev–Trinajstić information content (AvgIpc) is 1.31. The first-order valence-corrected chi connectivity index (χ1v) is 1.26. The molecule has 0 aromatic carbocycles. The van der Waals surface area contributed by atoms with Crippen molar-refractivity contribution in [1.82, 2.24) is 0 Å². The Labute approximate surface area is 37.8 Å². The van der Waals surface area contributed by atoms with Crippen LogP contribution in [0.15, 0.2) is 0 Å². The maximum Gasteiger partial charge on any atom is 0.567 e. The molecule has 0 aromatic rings. The molecule has 0 unspecified atom stereocenters. The van der Waals surface area contributed by atoms with Crippen LogP contribution in [0.3, 0.4) is 0 Å². The third-order valence-electron chi connectivity index (χ3n) is 0.245. The fourth-order valence-corrected chi connectivity index (χ4v) is 0. The third kappa shape index (κ3) is 2.04. The van der Waals surface area contributed by atoms with Crippen molar-refractivity contribution in [2.45, 2.75) is 6.10 Å². The summed E-state index contributed by atoms with van der Waals surface area (Å²) in [5, 5.41) is 31.6. The summed E-state index contributed by atoms with van der Waals surface area (Å²) in [6, 6.07) is 0. The van der Waals surface area contributed by atoms with Gasteiger partial charge in [0, 0.05) is 0 Å². The van der Waals surface area contributed by atoms with E-state index in [-0.39, 0.29) is 0 Å². The first kappa shape index (κ1) is 6.28. The molecule has 0 saturated heterocycles. The van der Waals surface area contributed by atoms with Crippen LogP contribution in [0.5, 0.6) is 0 Å². The van der Waals surface area contributed by atoms with E-state index in [1.54, 1.807) is 0 Å². The number of rotatable bonds is 1. The molecule has 7 heavy (non-hydrogen) atoms. The highest BCUT2D eigenvalue weighted by molar-refractivity contribution is 4.15. The zero-order valence-electron chi connectivity index (χ0n) is 3.11. The minimum absolute atomic E-state index is 1.65. The maximum absolute atomic E-state index is 9.08. The van der Waals surface area contributed by atoms with E-state index in [0.717, 1.165) is 0 Å². The second-order valence-electron chi connectivity index (χ2n) is 0.857. The van der Waals surface area contributed by atoms with Gasteiger partial charge in [-0.05, 0) is 0 Å². The highest BCUT2D eigenvalue weighted by Crippen LogP contribution is 1.89. The Morgan fingerprint density at radius 2 is 1.57 bits per heavy atom. The summed E-state index contributed by atoms with van der Waals surface area (Å²) in [6.07, 6.45) is -3.78. The van der Waals surface area contributed by atoms with Gasteiger partial charge in [-0.3, -0.25) is 25.4 Å². The molecule has 0 spiro atoms. The van der Waals surface area contributed by atoms with E-state index in [4.69, 9.17) is 25.4 Å². The Balaban J connectivity index is 3.79. The molecule has 0 fully saturated rings. The molecule has 0 aliphatic carbocycles. The zero-order chi connectivity index (χ0) is 6.08. The van der Waals surface area contributed by atoms with Crippen LogP contribution < -0.4 is 0 Å². The van der Waals surface area contributed by atoms with E-state index >= 15 is 0 Å². The lowest BCUT2D eigenvalue weighted by Crippen LogP contribution is -2.36. The van der Waals surface area contributed by atoms with Gasteiger partial charge >= 0.3 is 6.10 Å². The molecule has 0 atom stereocenters. The van der Waals surface area contributed by atoms with Gasteiger partial charge in [0.2, 0.25) is 0 Å². The third-order valence-corrected chi connectivity index (χ3v) is 0.245. The van der Waals surface area contributed by atoms with Gasteiger partial charge in [0.1, 0.15) is 4.92 Å². The first-order valence-electron chi connectivity index (χ1n) is 1.26. The van der Waals surface area contributed by atoms with Gasteiger partial charge in [-0.15, -0.1) is 0 Å². The summed E-state index contributed by atoms with van der Waals surface area (Å²) in [5.41, 5.74) is 0. The van der Waals surface area contributed by atoms with Crippen molar-refractivity contribution in [2.24, 2.45) is 0 Å². The second kappa shape index (κ2) is 1.41. The van der Waals surface area contributed by atoms with E-state index in [9.17, 15) is 0 Å². The molecule has 3 N–H and O–H groups in total. The van der Waals surface area contributed by atoms with Crippen LogP contribution in [-0.4, -0.2) is 26.3 Å². The Morgan fingerprint density at radius 1 is 1.43 bits per heavy atom. The van der Waals surface area contributed by atoms with Crippen molar-refractivity contribution >= 4 is 0 Å². The van der Waals surface area contributed by atoms with Crippen molar-refractivity contribution in [3.63, 3.8) is 0 Å². The topological polar surface area (TPSA) is 104 Å². The summed E-state index contributed by atoms with van der Waals surface area (Å²) >= 11 is 0. The lowest BCUT2D eigenvalue weighted by Gasteiger charge is -1.99. The van der Waals surface area contributed by atoms with Gasteiger partial charge < -0.3 is 0 Å². The fraction of sp³-hybridized carbons (Fsp3) is 1.00. The monoisotopic (exact) mass is 109 g/mol. The van der Waals surface area contributed by atoms with Gasteiger partial charge in [-0.1, -0.05) is 0 Å². The Bertz CT molecular complexity index is 80.6. The standard InChI is InChI=1S/CH3NO5/c3-1(4,5)2(6)7/h3-5H. The summed E-state index contributed by atoms with van der Waals surface area (Å²) in [4.78, 5) is 7.43. The van der Waals surface area contributed by atoms with E-state index in [1.165, 1.54) is 0 Å². The van der Waals surface area contributed by atoms with Crippen LogP contribution in [0.4, 0.5) is 0 Å². The molecule has 0 heterocycles. The van der Waals surface area contributed by atoms with E-state index in [0.29, 0.717) is 0 Å². The zero-order valence-corrected chi connectivity index (χ0v) is 3.11. The maximum atomic E-state index is 9.08. The number of nitrogens with zero attached hydrogens (tertiary/aromatic N) is 1. The van der Waals surface area contributed by atoms with Crippen LogP contribution >= 0.6 is 0 Å². The normalized spacial score (nSPS) is 11.3. The van der Waals surface area contributed by atoms with E-state index in [1.807, 2.05) is 0 Å². The van der Waals surface area contributed by atoms with Gasteiger partial charge in [0.25, 0.3) is 0 Å². The summed E-state index contributed by atoms with van der Waals surface area (Å²) in [5.74, 6) is 0. The Hall–Kier alpha value is -0.720. The minimum atomic E-state index is -3.78. The average molecular weight is 109 g/mol. The van der Waals surface area contributed by atoms with Gasteiger partial charge in [-0.2, -0.15) is 0 Å². The lowest BCUT2D eigenvalue weighted by atomic mass is 11.0. The van der Waals surface area contributed by atoms with Crippen LogP contribution in [-0.2, 0) is 0 Å². The number of hydrogen-bond acceptors (Lipinski definition) is 5. The van der Waals surface area contributed by atoms with Crippen LogP contribution in [0.1, 0.15) is 0 Å². The number of hydrogen-bond donors (Lipinski definition) is 3. The van der Waals surface area contributed by atoms with Gasteiger partial charge in [-0.25, -0.2) is 0 Å². The lowest BCUT2D eigenvalue weighted by molar-refractivity contribution is -0.743. The molecule has 0 aliphatic heterocycles. The largest absolute Gasteiger partial charge is 0.567 e. The van der Waals surface area contributed by atoms with Crippen molar-refractivity contribution in [3.05, 3.63) is 10.1 Å². The minimum Gasteiger partial charge on any atom is -0.280 e. The van der Waals surface area contributed by atoms with E-state index in [2.05, 4.69) is 0 Å². The SMILES string of the molecule is O=[N+]([O-])C(O)(O)O. The first-order chi connectivity index (χ1) is 2.94. The molecule has 0 aliphatic rings. The van der Waals surface area contributed by atoms with Crippen LogP contribution in [0.2, 0.25) is 0 Å². The molecule has 0 amide bonds. The van der Waals surface area contributed by atoms with Crippen molar-refractivity contribution in [1.29, 1.82) is 0 Å². The van der Waals surface area contributed by atoms with Gasteiger partial charge in [0.05, 0.1) is 0 Å². The highest BCUT2D eigenvalue weighted by Gasteiger charge is 2.33. The molecule has 0 aromatic heterocycles. The molecule has 0 rings (SSSR count). The fourth-order valence-electron chi connectivity index (χ4n) is 0.